The zero-order valence-corrected chi connectivity index (χ0v) is 6.55. The van der Waals surface area contributed by atoms with Gasteiger partial charge in [0.2, 0.25) is 0 Å². The van der Waals surface area contributed by atoms with Crippen molar-refractivity contribution in [3.05, 3.63) is 0 Å². The lowest BCUT2D eigenvalue weighted by Crippen LogP contribution is -2.02. The summed E-state index contributed by atoms with van der Waals surface area (Å²) in [7, 11) is 0. The van der Waals surface area contributed by atoms with E-state index in [1.165, 1.54) is 6.42 Å². The molecule has 58 valence electrons. The summed E-state index contributed by atoms with van der Waals surface area (Å²) in [5, 5.41) is 8.39. The molecule has 0 bridgehead atoms. The van der Waals surface area contributed by atoms with E-state index < -0.39 is 5.97 Å². The third-order valence-corrected chi connectivity index (χ3v) is 2.71. The van der Waals surface area contributed by atoms with Gasteiger partial charge in [-0.2, -0.15) is 0 Å². The first-order chi connectivity index (χ1) is 4.54. The van der Waals surface area contributed by atoms with Gasteiger partial charge in [0.1, 0.15) is 0 Å². The molecule has 0 aliphatic heterocycles. The predicted molar refractivity (Wildman–Crippen MR) is 38.8 cm³/mol. The second kappa shape index (κ2) is 2.26. The SMILES string of the molecule is CC1CC1(C)CCC(=O)O. The van der Waals surface area contributed by atoms with E-state index in [1.807, 2.05) is 0 Å². The van der Waals surface area contributed by atoms with Gasteiger partial charge in [-0.05, 0) is 24.2 Å². The van der Waals surface area contributed by atoms with E-state index in [1.54, 1.807) is 0 Å². The van der Waals surface area contributed by atoms with Crippen LogP contribution >= 0.6 is 0 Å². The van der Waals surface area contributed by atoms with Gasteiger partial charge < -0.3 is 5.11 Å². The average molecular weight is 142 g/mol. The van der Waals surface area contributed by atoms with Crippen LogP contribution in [0.25, 0.3) is 0 Å². The molecule has 0 spiro atoms. The molecule has 0 heterocycles. The van der Waals surface area contributed by atoms with E-state index in [9.17, 15) is 4.79 Å². The van der Waals surface area contributed by atoms with Gasteiger partial charge in [0.05, 0.1) is 0 Å². The molecule has 0 aromatic carbocycles. The van der Waals surface area contributed by atoms with Crippen LogP contribution in [0.5, 0.6) is 0 Å². The van der Waals surface area contributed by atoms with Crippen LogP contribution in [0.1, 0.15) is 33.1 Å². The van der Waals surface area contributed by atoms with Crippen LogP contribution < -0.4 is 0 Å². The lowest BCUT2D eigenvalue weighted by atomic mass is 10.0. The molecule has 10 heavy (non-hydrogen) atoms. The molecule has 2 unspecified atom stereocenters. The van der Waals surface area contributed by atoms with Crippen LogP contribution in [-0.4, -0.2) is 11.1 Å². The first-order valence-corrected chi connectivity index (χ1v) is 3.76. The number of carboxylic acid groups (broad SMARTS) is 1. The van der Waals surface area contributed by atoms with Gasteiger partial charge in [-0.25, -0.2) is 0 Å². The Balaban J connectivity index is 2.21. The molecule has 1 fully saturated rings. The largest absolute Gasteiger partial charge is 0.481 e. The summed E-state index contributed by atoms with van der Waals surface area (Å²) < 4.78 is 0. The van der Waals surface area contributed by atoms with Gasteiger partial charge in [-0.3, -0.25) is 4.79 Å². The topological polar surface area (TPSA) is 37.3 Å². The van der Waals surface area contributed by atoms with Crippen molar-refractivity contribution >= 4 is 5.97 Å². The lowest BCUT2D eigenvalue weighted by molar-refractivity contribution is -0.137. The van der Waals surface area contributed by atoms with E-state index in [4.69, 9.17) is 5.11 Å². The molecule has 0 amide bonds. The quantitative estimate of drug-likeness (QED) is 0.653. The number of hydrogen-bond donors (Lipinski definition) is 1. The third kappa shape index (κ3) is 1.49. The minimum Gasteiger partial charge on any atom is -0.481 e. The standard InChI is InChI=1S/C8H14O2/c1-6-5-8(6,2)4-3-7(9)10/h6H,3-5H2,1-2H3,(H,9,10). The van der Waals surface area contributed by atoms with Crippen LogP contribution in [0.15, 0.2) is 0 Å². The van der Waals surface area contributed by atoms with Crippen molar-refractivity contribution in [1.29, 1.82) is 0 Å². The first kappa shape index (κ1) is 7.58. The van der Waals surface area contributed by atoms with Gasteiger partial charge in [0.15, 0.2) is 0 Å². The predicted octanol–water partition coefficient (Wildman–Crippen LogP) is 1.90. The maximum absolute atomic E-state index is 10.2. The molecule has 1 aliphatic carbocycles. The van der Waals surface area contributed by atoms with E-state index in [2.05, 4.69) is 13.8 Å². The Labute approximate surface area is 61.2 Å². The lowest BCUT2D eigenvalue weighted by Gasteiger charge is -2.05. The van der Waals surface area contributed by atoms with Gasteiger partial charge in [-0.1, -0.05) is 13.8 Å². The fourth-order valence-corrected chi connectivity index (χ4v) is 1.38. The van der Waals surface area contributed by atoms with Crippen molar-refractivity contribution in [1.82, 2.24) is 0 Å². The summed E-state index contributed by atoms with van der Waals surface area (Å²) >= 11 is 0. The second-order valence-electron chi connectivity index (χ2n) is 3.65. The molecule has 0 saturated heterocycles. The highest BCUT2D eigenvalue weighted by Crippen LogP contribution is 2.54. The van der Waals surface area contributed by atoms with Crippen molar-refractivity contribution < 1.29 is 9.90 Å². The smallest absolute Gasteiger partial charge is 0.303 e. The maximum atomic E-state index is 10.2. The monoisotopic (exact) mass is 142 g/mol. The zero-order chi connectivity index (χ0) is 7.78. The number of aliphatic carboxylic acids is 1. The summed E-state index contributed by atoms with van der Waals surface area (Å²) in [6.07, 6.45) is 2.39. The van der Waals surface area contributed by atoms with Gasteiger partial charge >= 0.3 is 5.97 Å². The summed E-state index contributed by atoms with van der Waals surface area (Å²) in [6, 6.07) is 0. The molecule has 0 aromatic rings. The summed E-state index contributed by atoms with van der Waals surface area (Å²) in [4.78, 5) is 10.2. The molecule has 1 N–H and O–H groups in total. The Morgan fingerprint density at radius 1 is 1.80 bits per heavy atom. The minimum atomic E-state index is -0.666. The molecular weight excluding hydrogens is 128 g/mol. The van der Waals surface area contributed by atoms with E-state index in [-0.39, 0.29) is 0 Å². The van der Waals surface area contributed by atoms with Crippen LogP contribution in [0.2, 0.25) is 0 Å². The van der Waals surface area contributed by atoms with Crippen LogP contribution in [0, 0.1) is 11.3 Å². The summed E-state index contributed by atoms with van der Waals surface area (Å²) in [6.45, 7) is 4.35. The van der Waals surface area contributed by atoms with Crippen molar-refractivity contribution in [2.24, 2.45) is 11.3 Å². The van der Waals surface area contributed by atoms with Crippen molar-refractivity contribution in [2.75, 3.05) is 0 Å². The highest BCUT2D eigenvalue weighted by Gasteiger charge is 2.45. The molecule has 0 radical (unpaired) electrons. The average Bonchev–Trinajstić information content (AvgIpc) is 2.38. The highest BCUT2D eigenvalue weighted by molar-refractivity contribution is 5.66. The van der Waals surface area contributed by atoms with Gasteiger partial charge in [0, 0.05) is 6.42 Å². The number of hydrogen-bond acceptors (Lipinski definition) is 1. The molecule has 2 heteroatoms. The Hall–Kier alpha value is -0.530. The zero-order valence-electron chi connectivity index (χ0n) is 6.55. The molecule has 1 rings (SSSR count). The fourth-order valence-electron chi connectivity index (χ4n) is 1.38. The van der Waals surface area contributed by atoms with Crippen LogP contribution in [0.4, 0.5) is 0 Å². The highest BCUT2D eigenvalue weighted by atomic mass is 16.4. The molecule has 2 nitrogen and oxygen atoms in total. The van der Waals surface area contributed by atoms with Gasteiger partial charge in [-0.15, -0.1) is 0 Å². The van der Waals surface area contributed by atoms with E-state index in [0.29, 0.717) is 11.8 Å². The van der Waals surface area contributed by atoms with Crippen LogP contribution in [-0.2, 0) is 4.79 Å². The first-order valence-electron chi connectivity index (χ1n) is 3.76. The van der Waals surface area contributed by atoms with Crippen molar-refractivity contribution in [3.63, 3.8) is 0 Å². The Morgan fingerprint density at radius 2 is 2.30 bits per heavy atom. The summed E-state index contributed by atoms with van der Waals surface area (Å²) in [5.41, 5.74) is 0.360. The van der Waals surface area contributed by atoms with Crippen molar-refractivity contribution in [2.45, 2.75) is 33.1 Å². The Bertz CT molecular complexity index is 153. The van der Waals surface area contributed by atoms with Crippen molar-refractivity contribution in [3.8, 4) is 0 Å². The fraction of sp³-hybridized carbons (Fsp3) is 0.875. The minimum absolute atomic E-state index is 0.334. The molecular formula is C8H14O2. The maximum Gasteiger partial charge on any atom is 0.303 e. The van der Waals surface area contributed by atoms with Crippen LogP contribution in [0.3, 0.4) is 0 Å². The van der Waals surface area contributed by atoms with E-state index >= 15 is 0 Å². The number of carboxylic acids is 1. The third-order valence-electron chi connectivity index (χ3n) is 2.71. The van der Waals surface area contributed by atoms with E-state index in [0.717, 1.165) is 12.3 Å². The molecule has 0 aromatic heterocycles. The van der Waals surface area contributed by atoms with Gasteiger partial charge in [0.25, 0.3) is 0 Å². The molecule has 2 atom stereocenters. The molecule has 1 aliphatic rings. The molecule has 1 saturated carbocycles. The summed E-state index contributed by atoms with van der Waals surface area (Å²) in [5.74, 6) is 0.0761. The Morgan fingerprint density at radius 3 is 2.60 bits per heavy atom. The number of carbonyl (C=O) groups is 1. The second-order valence-corrected chi connectivity index (χ2v) is 3.65. The normalized spacial score (nSPS) is 37.6. The Kier molecular flexibility index (Phi) is 1.71. The number of rotatable bonds is 3.